The number of aromatic nitrogens is 1. The first kappa shape index (κ1) is 13.2. The Hall–Kier alpha value is -2.20. The molecule has 98 valence electrons. The molecular formula is C15H16N2O2. The largest absolute Gasteiger partial charge is 0.390 e. The van der Waals surface area contributed by atoms with Crippen LogP contribution in [-0.2, 0) is 13.0 Å². The summed E-state index contributed by atoms with van der Waals surface area (Å²) in [5, 5.41) is 11.8. The maximum Gasteiger partial charge on any atom is 0.251 e. The fourth-order valence-electron chi connectivity index (χ4n) is 1.77. The second kappa shape index (κ2) is 6.66. The molecule has 0 bridgehead atoms. The number of aliphatic hydroxyl groups excluding tert-OH is 1. The van der Waals surface area contributed by atoms with Gasteiger partial charge in [-0.05, 0) is 24.1 Å². The summed E-state index contributed by atoms with van der Waals surface area (Å²) in [6, 6.07) is 13.2. The van der Waals surface area contributed by atoms with Crippen molar-refractivity contribution in [3.63, 3.8) is 0 Å². The van der Waals surface area contributed by atoms with Gasteiger partial charge in [0.05, 0.1) is 12.3 Å². The van der Waals surface area contributed by atoms with Crippen LogP contribution in [0.5, 0.6) is 0 Å². The van der Waals surface area contributed by atoms with Crippen LogP contribution in [0.4, 0.5) is 0 Å². The van der Waals surface area contributed by atoms with E-state index in [0.717, 1.165) is 6.42 Å². The van der Waals surface area contributed by atoms with E-state index < -0.39 is 0 Å². The first-order chi connectivity index (χ1) is 9.29. The minimum absolute atomic E-state index is 0.145. The fourth-order valence-corrected chi connectivity index (χ4v) is 1.77. The molecule has 0 spiro atoms. The number of carbonyl (C=O) groups excluding carboxylic acids is 1. The number of hydrogen-bond acceptors (Lipinski definition) is 3. The monoisotopic (exact) mass is 256 g/mol. The molecule has 1 aromatic heterocycles. The minimum Gasteiger partial charge on any atom is -0.390 e. The lowest BCUT2D eigenvalue weighted by atomic mass is 10.1. The number of aliphatic hydroxyl groups is 1. The van der Waals surface area contributed by atoms with E-state index >= 15 is 0 Å². The third kappa shape index (κ3) is 3.89. The van der Waals surface area contributed by atoms with Crippen molar-refractivity contribution in [3.05, 3.63) is 65.5 Å². The Morgan fingerprint density at radius 2 is 2.00 bits per heavy atom. The average Bonchev–Trinajstić information content (AvgIpc) is 2.48. The lowest BCUT2D eigenvalue weighted by Crippen LogP contribution is -2.25. The summed E-state index contributed by atoms with van der Waals surface area (Å²) in [6.07, 6.45) is 2.32. The van der Waals surface area contributed by atoms with Gasteiger partial charge < -0.3 is 10.4 Å². The zero-order valence-corrected chi connectivity index (χ0v) is 10.5. The summed E-state index contributed by atoms with van der Waals surface area (Å²) in [5.74, 6) is -0.145. The summed E-state index contributed by atoms with van der Waals surface area (Å²) < 4.78 is 0. The number of pyridine rings is 1. The van der Waals surface area contributed by atoms with E-state index in [1.165, 1.54) is 11.8 Å². The molecule has 1 heterocycles. The van der Waals surface area contributed by atoms with Crippen LogP contribution >= 0.6 is 0 Å². The van der Waals surface area contributed by atoms with Crippen molar-refractivity contribution in [1.29, 1.82) is 0 Å². The van der Waals surface area contributed by atoms with Gasteiger partial charge in [-0.25, -0.2) is 0 Å². The van der Waals surface area contributed by atoms with E-state index in [0.29, 0.717) is 17.8 Å². The number of benzene rings is 1. The molecule has 1 amide bonds. The lowest BCUT2D eigenvalue weighted by Gasteiger charge is -2.06. The first-order valence-electron chi connectivity index (χ1n) is 6.17. The van der Waals surface area contributed by atoms with Crippen LogP contribution in [0.2, 0.25) is 0 Å². The first-order valence-corrected chi connectivity index (χ1v) is 6.17. The Kier molecular flexibility index (Phi) is 4.64. The van der Waals surface area contributed by atoms with Crippen LogP contribution < -0.4 is 5.32 Å². The normalized spacial score (nSPS) is 10.2. The molecule has 2 N–H and O–H groups in total. The lowest BCUT2D eigenvalue weighted by molar-refractivity contribution is 0.0954. The van der Waals surface area contributed by atoms with Crippen molar-refractivity contribution in [2.24, 2.45) is 0 Å². The molecule has 2 aromatic rings. The van der Waals surface area contributed by atoms with Gasteiger partial charge in [0.15, 0.2) is 0 Å². The maximum atomic E-state index is 11.9. The SMILES string of the molecule is O=C(NCCc1ccccc1)c1ccnc(CO)c1. The predicted octanol–water partition coefficient (Wildman–Crippen LogP) is 1.55. The molecule has 0 aliphatic rings. The maximum absolute atomic E-state index is 11.9. The van der Waals surface area contributed by atoms with Crippen LogP contribution in [0, 0.1) is 0 Å². The van der Waals surface area contributed by atoms with Crippen molar-refractivity contribution in [2.75, 3.05) is 6.54 Å². The molecule has 0 aliphatic carbocycles. The molecule has 0 unspecified atom stereocenters. The molecule has 0 radical (unpaired) electrons. The van der Waals surface area contributed by atoms with Crippen LogP contribution in [0.1, 0.15) is 21.6 Å². The highest BCUT2D eigenvalue weighted by Crippen LogP contribution is 2.02. The molecule has 0 fully saturated rings. The van der Waals surface area contributed by atoms with Crippen molar-refractivity contribution in [3.8, 4) is 0 Å². The molecule has 0 saturated carbocycles. The van der Waals surface area contributed by atoms with Crippen LogP contribution in [-0.4, -0.2) is 22.5 Å². The van der Waals surface area contributed by atoms with Gasteiger partial charge in [0.25, 0.3) is 5.91 Å². The van der Waals surface area contributed by atoms with Gasteiger partial charge in [-0.3, -0.25) is 9.78 Å². The number of hydrogen-bond donors (Lipinski definition) is 2. The molecule has 4 heteroatoms. The van der Waals surface area contributed by atoms with Crippen molar-refractivity contribution in [2.45, 2.75) is 13.0 Å². The number of carbonyl (C=O) groups is 1. The Labute approximate surface area is 112 Å². The number of rotatable bonds is 5. The van der Waals surface area contributed by atoms with E-state index in [9.17, 15) is 4.79 Å². The Morgan fingerprint density at radius 3 is 2.74 bits per heavy atom. The predicted molar refractivity (Wildman–Crippen MR) is 72.6 cm³/mol. The number of nitrogens with zero attached hydrogens (tertiary/aromatic N) is 1. The highest BCUT2D eigenvalue weighted by molar-refractivity contribution is 5.94. The van der Waals surface area contributed by atoms with E-state index in [1.54, 1.807) is 12.1 Å². The van der Waals surface area contributed by atoms with Gasteiger partial charge >= 0.3 is 0 Å². The van der Waals surface area contributed by atoms with Crippen molar-refractivity contribution < 1.29 is 9.90 Å². The van der Waals surface area contributed by atoms with Gasteiger partial charge in [-0.15, -0.1) is 0 Å². The van der Waals surface area contributed by atoms with Gasteiger partial charge in [-0.2, -0.15) is 0 Å². The van der Waals surface area contributed by atoms with Gasteiger partial charge in [0, 0.05) is 18.3 Å². The summed E-state index contributed by atoms with van der Waals surface area (Å²) >= 11 is 0. The van der Waals surface area contributed by atoms with Crippen molar-refractivity contribution >= 4 is 5.91 Å². The molecule has 0 atom stereocenters. The topological polar surface area (TPSA) is 62.2 Å². The van der Waals surface area contributed by atoms with Crippen LogP contribution in [0.15, 0.2) is 48.7 Å². The molecular weight excluding hydrogens is 240 g/mol. The van der Waals surface area contributed by atoms with Crippen LogP contribution in [0.3, 0.4) is 0 Å². The number of amides is 1. The van der Waals surface area contributed by atoms with Crippen LogP contribution in [0.25, 0.3) is 0 Å². The third-order valence-corrected chi connectivity index (χ3v) is 2.78. The standard InChI is InChI=1S/C15H16N2O2/c18-11-14-10-13(7-9-16-14)15(19)17-8-6-12-4-2-1-3-5-12/h1-5,7,9-10,18H,6,8,11H2,(H,17,19). The highest BCUT2D eigenvalue weighted by Gasteiger charge is 2.05. The Balaban J connectivity index is 1.87. The second-order valence-corrected chi connectivity index (χ2v) is 4.19. The second-order valence-electron chi connectivity index (χ2n) is 4.19. The zero-order chi connectivity index (χ0) is 13.5. The molecule has 19 heavy (non-hydrogen) atoms. The zero-order valence-electron chi connectivity index (χ0n) is 10.5. The number of nitrogens with one attached hydrogen (secondary N) is 1. The summed E-state index contributed by atoms with van der Waals surface area (Å²) in [7, 11) is 0. The van der Waals surface area contributed by atoms with Gasteiger partial charge in [0.2, 0.25) is 0 Å². The summed E-state index contributed by atoms with van der Waals surface area (Å²) in [5.41, 5.74) is 2.20. The molecule has 4 nitrogen and oxygen atoms in total. The fraction of sp³-hybridized carbons (Fsp3) is 0.200. The third-order valence-electron chi connectivity index (χ3n) is 2.78. The molecule has 0 saturated heterocycles. The van der Waals surface area contributed by atoms with Gasteiger partial charge in [-0.1, -0.05) is 30.3 Å². The summed E-state index contributed by atoms with van der Waals surface area (Å²) in [4.78, 5) is 15.8. The van der Waals surface area contributed by atoms with E-state index in [4.69, 9.17) is 5.11 Å². The Morgan fingerprint density at radius 1 is 1.21 bits per heavy atom. The molecule has 1 aromatic carbocycles. The molecule has 0 aliphatic heterocycles. The van der Waals surface area contributed by atoms with Crippen molar-refractivity contribution in [1.82, 2.24) is 10.3 Å². The van der Waals surface area contributed by atoms with E-state index in [1.807, 2.05) is 30.3 Å². The average molecular weight is 256 g/mol. The van der Waals surface area contributed by atoms with Gasteiger partial charge in [0.1, 0.15) is 0 Å². The van der Waals surface area contributed by atoms with E-state index in [2.05, 4.69) is 10.3 Å². The Bertz CT molecular complexity index is 541. The molecule has 2 rings (SSSR count). The van der Waals surface area contributed by atoms with E-state index in [-0.39, 0.29) is 12.5 Å². The summed E-state index contributed by atoms with van der Waals surface area (Å²) in [6.45, 7) is 0.421. The minimum atomic E-state index is -0.162. The highest BCUT2D eigenvalue weighted by atomic mass is 16.3. The smallest absolute Gasteiger partial charge is 0.251 e. The quantitative estimate of drug-likeness (QED) is 0.853.